The van der Waals surface area contributed by atoms with Gasteiger partial charge in [-0.05, 0) is 45.0 Å². The van der Waals surface area contributed by atoms with Gasteiger partial charge in [-0.1, -0.05) is 72.8 Å². The van der Waals surface area contributed by atoms with Crippen LogP contribution in [0, 0.1) is 0 Å². The minimum absolute atomic E-state index is 1.19. The van der Waals surface area contributed by atoms with E-state index in [4.69, 9.17) is 0 Å². The summed E-state index contributed by atoms with van der Waals surface area (Å²) in [5, 5.41) is 0. The first-order valence-electron chi connectivity index (χ1n) is 8.16. The Morgan fingerprint density at radius 2 is 0.708 bits per heavy atom. The first-order valence-corrected chi connectivity index (χ1v) is 8.16. The van der Waals surface area contributed by atoms with Crippen LogP contribution < -0.4 is 0 Å². The Bertz CT molecular complexity index is 775. The molecule has 1 aliphatic rings. The topological polar surface area (TPSA) is 12.9 Å². The summed E-state index contributed by atoms with van der Waals surface area (Å²) < 4.78 is 0. The third kappa shape index (κ3) is 1.85. The number of pyridine rings is 1. The Hall–Kier alpha value is -3.19. The van der Waals surface area contributed by atoms with Crippen molar-refractivity contribution in [2.45, 2.75) is 0 Å². The summed E-state index contributed by atoms with van der Waals surface area (Å²) in [7, 11) is 0. The van der Waals surface area contributed by atoms with Gasteiger partial charge in [0.2, 0.25) is 0 Å². The van der Waals surface area contributed by atoms with E-state index in [0.29, 0.717) is 0 Å². The summed E-state index contributed by atoms with van der Waals surface area (Å²) in [5.74, 6) is 0. The third-order valence-electron chi connectivity index (χ3n) is 4.76. The van der Waals surface area contributed by atoms with Gasteiger partial charge in [-0.15, -0.1) is 0 Å². The van der Waals surface area contributed by atoms with Gasteiger partial charge in [-0.25, -0.2) is 0 Å². The number of nitrogens with zero attached hydrogens (tertiary/aromatic N) is 1. The monoisotopic (exact) mass is 305 g/mol. The number of fused-ring (bicyclic) bond motifs is 8. The Kier molecular flexibility index (Phi) is 2.86. The van der Waals surface area contributed by atoms with E-state index in [-0.39, 0.29) is 0 Å². The third-order valence-corrected chi connectivity index (χ3v) is 4.76. The van der Waals surface area contributed by atoms with E-state index >= 15 is 0 Å². The molecule has 112 valence electrons. The van der Waals surface area contributed by atoms with Crippen LogP contribution in [0.1, 0.15) is 0 Å². The van der Waals surface area contributed by atoms with Crippen LogP contribution in [-0.4, -0.2) is 4.98 Å². The highest BCUT2D eigenvalue weighted by Gasteiger charge is 2.20. The minimum Gasteiger partial charge on any atom is -0.264 e. The molecule has 0 spiro atoms. The number of benzene rings is 3. The Labute approximate surface area is 141 Å². The summed E-state index contributed by atoms with van der Waals surface area (Å²) in [6, 6.07) is 28.1. The number of rotatable bonds is 0. The smallest absolute Gasteiger partial charge is 0.0352 e. The van der Waals surface area contributed by atoms with E-state index in [9.17, 15) is 0 Å². The van der Waals surface area contributed by atoms with Gasteiger partial charge in [-0.3, -0.25) is 4.98 Å². The van der Waals surface area contributed by atoms with Crippen LogP contribution in [0.2, 0.25) is 0 Å². The second-order valence-electron chi connectivity index (χ2n) is 6.06. The summed E-state index contributed by atoms with van der Waals surface area (Å²) in [6.07, 6.45) is 3.87. The van der Waals surface area contributed by atoms with E-state index in [0.717, 1.165) is 0 Å². The van der Waals surface area contributed by atoms with Gasteiger partial charge in [-0.2, -0.15) is 0 Å². The standard InChI is InChI=1S/C23H15N/c1-2-8-17-16(7-1)18-9-3-4-11-20(18)22-13-14-24-15-23(22)21-12-6-5-10-19(17)21/h1-15H. The molecular formula is C23H15N. The average Bonchev–Trinajstić information content (AvgIpc) is 2.67. The molecular weight excluding hydrogens is 290 g/mol. The highest BCUT2D eigenvalue weighted by molar-refractivity contribution is 6.02. The molecule has 0 N–H and O–H groups in total. The summed E-state index contributed by atoms with van der Waals surface area (Å²) in [5.41, 5.74) is 10.0. The van der Waals surface area contributed by atoms with Crippen LogP contribution in [0.3, 0.4) is 0 Å². The maximum absolute atomic E-state index is 4.40. The van der Waals surface area contributed by atoms with Gasteiger partial charge in [0, 0.05) is 18.0 Å². The van der Waals surface area contributed by atoms with Crippen molar-refractivity contribution in [3.8, 4) is 44.5 Å². The number of hydrogen-bond donors (Lipinski definition) is 0. The van der Waals surface area contributed by atoms with E-state index in [1.807, 2.05) is 12.4 Å². The molecule has 0 atom stereocenters. The number of hydrogen-bond acceptors (Lipinski definition) is 1. The van der Waals surface area contributed by atoms with Crippen molar-refractivity contribution in [1.29, 1.82) is 0 Å². The molecule has 0 bridgehead atoms. The lowest BCUT2D eigenvalue weighted by molar-refractivity contribution is 1.33. The van der Waals surface area contributed by atoms with Crippen molar-refractivity contribution < 1.29 is 0 Å². The van der Waals surface area contributed by atoms with E-state index < -0.39 is 0 Å². The van der Waals surface area contributed by atoms with Crippen molar-refractivity contribution in [3.05, 3.63) is 91.3 Å². The predicted octanol–water partition coefficient (Wildman–Crippen LogP) is 6.06. The first-order chi connectivity index (χ1) is 11.9. The molecule has 3 aromatic carbocycles. The SMILES string of the molecule is c1ccc2c(c1)-c1ccccc1-c1ccncc1-c1ccccc1-2. The molecule has 0 unspecified atom stereocenters. The van der Waals surface area contributed by atoms with Crippen LogP contribution in [0.4, 0.5) is 0 Å². The molecule has 1 nitrogen and oxygen atoms in total. The van der Waals surface area contributed by atoms with Gasteiger partial charge in [0.1, 0.15) is 0 Å². The summed E-state index contributed by atoms with van der Waals surface area (Å²) >= 11 is 0. The summed E-state index contributed by atoms with van der Waals surface area (Å²) in [6.45, 7) is 0. The van der Waals surface area contributed by atoms with E-state index in [1.54, 1.807) is 0 Å². The zero-order valence-electron chi connectivity index (χ0n) is 13.1. The van der Waals surface area contributed by atoms with Crippen LogP contribution in [-0.2, 0) is 0 Å². The zero-order valence-corrected chi connectivity index (χ0v) is 13.1. The van der Waals surface area contributed by atoms with Gasteiger partial charge >= 0.3 is 0 Å². The van der Waals surface area contributed by atoms with Gasteiger partial charge < -0.3 is 0 Å². The molecule has 0 amide bonds. The highest BCUT2D eigenvalue weighted by Crippen LogP contribution is 2.46. The Morgan fingerprint density at radius 1 is 0.375 bits per heavy atom. The largest absolute Gasteiger partial charge is 0.264 e. The molecule has 0 saturated carbocycles. The zero-order chi connectivity index (χ0) is 15.9. The van der Waals surface area contributed by atoms with Crippen molar-refractivity contribution in [2.24, 2.45) is 0 Å². The Morgan fingerprint density at radius 3 is 1.12 bits per heavy atom. The highest BCUT2D eigenvalue weighted by atomic mass is 14.6. The predicted molar refractivity (Wildman–Crippen MR) is 99.5 cm³/mol. The van der Waals surface area contributed by atoms with Gasteiger partial charge in [0.15, 0.2) is 0 Å². The molecule has 1 heteroatoms. The molecule has 5 rings (SSSR count). The van der Waals surface area contributed by atoms with Gasteiger partial charge in [0.05, 0.1) is 0 Å². The first kappa shape index (κ1) is 13.3. The lowest BCUT2D eigenvalue weighted by Gasteiger charge is -2.22. The van der Waals surface area contributed by atoms with Crippen LogP contribution >= 0.6 is 0 Å². The van der Waals surface area contributed by atoms with Crippen molar-refractivity contribution in [1.82, 2.24) is 4.98 Å². The quantitative estimate of drug-likeness (QED) is 0.339. The molecule has 4 aromatic rings. The van der Waals surface area contributed by atoms with Crippen LogP contribution in [0.5, 0.6) is 0 Å². The molecule has 0 aliphatic heterocycles. The molecule has 0 fully saturated rings. The maximum Gasteiger partial charge on any atom is 0.0352 e. The van der Waals surface area contributed by atoms with Crippen molar-refractivity contribution in [3.63, 3.8) is 0 Å². The second-order valence-corrected chi connectivity index (χ2v) is 6.06. The summed E-state index contributed by atoms with van der Waals surface area (Å²) in [4.78, 5) is 4.40. The average molecular weight is 305 g/mol. The lowest BCUT2D eigenvalue weighted by atomic mass is 9.82. The second kappa shape index (κ2) is 5.17. The fraction of sp³-hybridized carbons (Fsp3) is 0. The van der Waals surface area contributed by atoms with E-state index in [1.165, 1.54) is 44.5 Å². The normalized spacial score (nSPS) is 11.3. The number of aromatic nitrogens is 1. The lowest BCUT2D eigenvalue weighted by Crippen LogP contribution is -1.97. The Balaban J connectivity index is 2.01. The minimum atomic E-state index is 1.19. The molecule has 1 aromatic heterocycles. The fourth-order valence-corrected chi connectivity index (χ4v) is 3.70. The molecule has 1 aliphatic carbocycles. The van der Waals surface area contributed by atoms with Crippen molar-refractivity contribution >= 4 is 0 Å². The molecule has 1 heterocycles. The van der Waals surface area contributed by atoms with Crippen LogP contribution in [0.25, 0.3) is 44.5 Å². The van der Waals surface area contributed by atoms with Gasteiger partial charge in [0.25, 0.3) is 0 Å². The van der Waals surface area contributed by atoms with E-state index in [2.05, 4.69) is 83.8 Å². The molecule has 0 saturated heterocycles. The van der Waals surface area contributed by atoms with Crippen LogP contribution in [0.15, 0.2) is 91.3 Å². The van der Waals surface area contributed by atoms with Crippen molar-refractivity contribution in [2.75, 3.05) is 0 Å². The molecule has 0 radical (unpaired) electrons. The maximum atomic E-state index is 4.40. The fourth-order valence-electron chi connectivity index (χ4n) is 3.70. The molecule has 24 heavy (non-hydrogen) atoms.